The van der Waals surface area contributed by atoms with Gasteiger partial charge in [-0.1, -0.05) is 26.0 Å². The van der Waals surface area contributed by atoms with Crippen LogP contribution in [0.25, 0.3) is 0 Å². The Labute approximate surface area is 101 Å². The van der Waals surface area contributed by atoms with Gasteiger partial charge in [0.2, 0.25) is 0 Å². The van der Waals surface area contributed by atoms with E-state index in [9.17, 15) is 4.79 Å². The molecule has 0 saturated heterocycles. The molecule has 1 aromatic rings. The van der Waals surface area contributed by atoms with Crippen molar-refractivity contribution >= 4 is 17.4 Å². The Morgan fingerprint density at radius 2 is 2.12 bits per heavy atom. The Hall–Kier alpha value is -1.64. The summed E-state index contributed by atoms with van der Waals surface area (Å²) in [5.41, 5.74) is 4.38. The first kappa shape index (κ1) is 11.8. The van der Waals surface area contributed by atoms with E-state index >= 15 is 0 Å². The molecule has 0 unspecified atom stereocenters. The minimum absolute atomic E-state index is 0.0332. The average Bonchev–Trinajstić information content (AvgIpc) is 2.48. The molecule has 3 nitrogen and oxygen atoms in total. The number of benzene rings is 1. The van der Waals surface area contributed by atoms with Crippen LogP contribution in [0.4, 0.5) is 5.69 Å². The first-order valence-corrected chi connectivity index (χ1v) is 5.82. The Morgan fingerprint density at radius 1 is 1.41 bits per heavy atom. The van der Waals surface area contributed by atoms with Crippen molar-refractivity contribution in [2.45, 2.75) is 39.0 Å². The highest BCUT2D eigenvalue weighted by molar-refractivity contribution is 5.99. The predicted octanol–water partition coefficient (Wildman–Crippen LogP) is 3.09. The van der Waals surface area contributed by atoms with Crippen LogP contribution in [0, 0.1) is 0 Å². The van der Waals surface area contributed by atoms with Crippen molar-refractivity contribution in [1.29, 1.82) is 0 Å². The maximum Gasteiger partial charge on any atom is 0.303 e. The van der Waals surface area contributed by atoms with E-state index in [0.717, 1.165) is 17.0 Å². The molecule has 0 atom stereocenters. The van der Waals surface area contributed by atoms with E-state index in [1.54, 1.807) is 0 Å². The number of nitrogens with zero attached hydrogens (tertiary/aromatic N) is 1. The van der Waals surface area contributed by atoms with E-state index in [0.29, 0.717) is 6.42 Å². The summed E-state index contributed by atoms with van der Waals surface area (Å²) in [6, 6.07) is 6.06. The Bertz CT molecular complexity index is 501. The second kappa shape index (κ2) is 3.99. The van der Waals surface area contributed by atoms with E-state index in [-0.39, 0.29) is 11.8 Å². The summed E-state index contributed by atoms with van der Waals surface area (Å²) < 4.78 is 0. The molecule has 0 aliphatic carbocycles. The van der Waals surface area contributed by atoms with Gasteiger partial charge in [0.05, 0.1) is 5.69 Å². The van der Waals surface area contributed by atoms with Gasteiger partial charge in [0.25, 0.3) is 0 Å². The van der Waals surface area contributed by atoms with E-state index < -0.39 is 5.97 Å². The maximum atomic E-state index is 10.6. The monoisotopic (exact) mass is 231 g/mol. The third kappa shape index (κ3) is 2.09. The smallest absolute Gasteiger partial charge is 0.303 e. The number of rotatable bonds is 3. The molecule has 0 bridgehead atoms. The largest absolute Gasteiger partial charge is 0.481 e. The van der Waals surface area contributed by atoms with Crippen LogP contribution in [0.5, 0.6) is 0 Å². The molecule has 1 aromatic carbocycles. The Balaban J connectivity index is 2.29. The lowest BCUT2D eigenvalue weighted by Gasteiger charge is -2.20. The van der Waals surface area contributed by atoms with E-state index in [4.69, 9.17) is 5.11 Å². The number of aliphatic carboxylic acids is 1. The van der Waals surface area contributed by atoms with Gasteiger partial charge in [-0.2, -0.15) is 0 Å². The topological polar surface area (TPSA) is 49.7 Å². The zero-order valence-electron chi connectivity index (χ0n) is 10.4. The predicted molar refractivity (Wildman–Crippen MR) is 68.2 cm³/mol. The fourth-order valence-corrected chi connectivity index (χ4v) is 2.10. The van der Waals surface area contributed by atoms with Crippen molar-refractivity contribution in [1.82, 2.24) is 0 Å². The summed E-state index contributed by atoms with van der Waals surface area (Å²) in [5, 5.41) is 8.69. The number of carboxylic acid groups (broad SMARTS) is 1. The summed E-state index contributed by atoms with van der Waals surface area (Å²) in [7, 11) is 0. The van der Waals surface area contributed by atoms with Gasteiger partial charge in [0.1, 0.15) is 0 Å². The molecule has 0 amide bonds. The highest BCUT2D eigenvalue weighted by Crippen LogP contribution is 2.40. The zero-order valence-corrected chi connectivity index (χ0v) is 10.4. The van der Waals surface area contributed by atoms with Crippen LogP contribution in [0.15, 0.2) is 23.2 Å². The molecule has 1 aliphatic heterocycles. The number of hydrogen-bond donors (Lipinski definition) is 1. The van der Waals surface area contributed by atoms with Gasteiger partial charge < -0.3 is 5.11 Å². The van der Waals surface area contributed by atoms with Gasteiger partial charge in [0.15, 0.2) is 0 Å². The molecule has 0 fully saturated rings. The van der Waals surface area contributed by atoms with E-state index in [1.165, 1.54) is 5.56 Å². The first-order valence-electron chi connectivity index (χ1n) is 5.82. The van der Waals surface area contributed by atoms with Crippen LogP contribution in [0.1, 0.15) is 38.3 Å². The molecule has 3 heteroatoms. The van der Waals surface area contributed by atoms with Crippen molar-refractivity contribution in [3.8, 4) is 0 Å². The van der Waals surface area contributed by atoms with Crippen LogP contribution in [0.2, 0.25) is 0 Å². The number of carbonyl (C=O) groups is 1. The molecular weight excluding hydrogens is 214 g/mol. The van der Waals surface area contributed by atoms with Crippen molar-refractivity contribution in [3.63, 3.8) is 0 Å². The summed E-state index contributed by atoms with van der Waals surface area (Å²) in [6.45, 7) is 6.34. The van der Waals surface area contributed by atoms with Crippen LogP contribution >= 0.6 is 0 Å². The number of fused-ring (bicyclic) bond motifs is 1. The second-order valence-electron chi connectivity index (χ2n) is 5.07. The van der Waals surface area contributed by atoms with Gasteiger partial charge in [0, 0.05) is 17.5 Å². The summed E-state index contributed by atoms with van der Waals surface area (Å²) in [4.78, 5) is 15.1. The standard InChI is InChI=1S/C14H17NO2/c1-9-14(2,3)11-8-10(5-7-13(16)17)4-6-12(11)15-9/h4,6,8H,5,7H2,1-3H3,(H,16,17). The molecule has 1 heterocycles. The summed E-state index contributed by atoms with van der Waals surface area (Å²) in [6.07, 6.45) is 0.761. The lowest BCUT2D eigenvalue weighted by Crippen LogP contribution is -2.22. The average molecular weight is 231 g/mol. The molecule has 2 rings (SSSR count). The maximum absolute atomic E-state index is 10.6. The molecule has 0 spiro atoms. The van der Waals surface area contributed by atoms with Gasteiger partial charge in [-0.05, 0) is 30.5 Å². The molecule has 17 heavy (non-hydrogen) atoms. The van der Waals surface area contributed by atoms with Crippen molar-refractivity contribution < 1.29 is 9.90 Å². The molecule has 1 aliphatic rings. The van der Waals surface area contributed by atoms with Crippen molar-refractivity contribution in [3.05, 3.63) is 29.3 Å². The number of carboxylic acids is 1. The highest BCUT2D eigenvalue weighted by Gasteiger charge is 2.32. The molecule has 90 valence electrons. The number of hydrogen-bond acceptors (Lipinski definition) is 2. The third-order valence-corrected chi connectivity index (χ3v) is 3.55. The Morgan fingerprint density at radius 3 is 2.76 bits per heavy atom. The third-order valence-electron chi connectivity index (χ3n) is 3.55. The zero-order chi connectivity index (χ0) is 12.6. The molecule has 1 N–H and O–H groups in total. The van der Waals surface area contributed by atoms with Crippen molar-refractivity contribution in [2.24, 2.45) is 4.99 Å². The lowest BCUT2D eigenvalue weighted by atomic mass is 9.81. The summed E-state index contributed by atoms with van der Waals surface area (Å²) in [5.74, 6) is -0.753. The first-order chi connectivity index (χ1) is 7.91. The molecular formula is C14H17NO2. The fourth-order valence-electron chi connectivity index (χ4n) is 2.10. The molecule has 0 aromatic heterocycles. The minimum atomic E-state index is -0.753. The van der Waals surface area contributed by atoms with Crippen LogP contribution in [-0.2, 0) is 16.6 Å². The van der Waals surface area contributed by atoms with Gasteiger partial charge in [-0.3, -0.25) is 9.79 Å². The Kier molecular flexibility index (Phi) is 2.77. The second-order valence-corrected chi connectivity index (χ2v) is 5.07. The van der Waals surface area contributed by atoms with E-state index in [1.807, 2.05) is 19.1 Å². The van der Waals surface area contributed by atoms with Crippen molar-refractivity contribution in [2.75, 3.05) is 0 Å². The fraction of sp³-hybridized carbons (Fsp3) is 0.429. The van der Waals surface area contributed by atoms with Crippen LogP contribution in [-0.4, -0.2) is 16.8 Å². The van der Waals surface area contributed by atoms with Gasteiger partial charge in [-0.25, -0.2) is 0 Å². The number of aryl methyl sites for hydroxylation is 1. The van der Waals surface area contributed by atoms with Crippen LogP contribution < -0.4 is 0 Å². The minimum Gasteiger partial charge on any atom is -0.481 e. The summed E-state index contributed by atoms with van der Waals surface area (Å²) >= 11 is 0. The van der Waals surface area contributed by atoms with Crippen LogP contribution in [0.3, 0.4) is 0 Å². The number of aliphatic imine (C=N–C) groups is 1. The molecule has 0 radical (unpaired) electrons. The van der Waals surface area contributed by atoms with E-state index in [2.05, 4.69) is 24.9 Å². The highest BCUT2D eigenvalue weighted by atomic mass is 16.4. The lowest BCUT2D eigenvalue weighted by molar-refractivity contribution is -0.136. The van der Waals surface area contributed by atoms with Gasteiger partial charge >= 0.3 is 5.97 Å². The SMILES string of the molecule is CC1=Nc2ccc(CCC(=O)O)cc2C1(C)C. The molecule has 0 saturated carbocycles. The normalized spacial score (nSPS) is 16.5. The van der Waals surface area contributed by atoms with Gasteiger partial charge in [-0.15, -0.1) is 0 Å². The quantitative estimate of drug-likeness (QED) is 0.869.